The van der Waals surface area contributed by atoms with Gasteiger partial charge in [0.1, 0.15) is 12.6 Å². The Labute approximate surface area is 403 Å². The van der Waals surface area contributed by atoms with Gasteiger partial charge in [0, 0.05) is 19.3 Å². The van der Waals surface area contributed by atoms with E-state index in [4.69, 9.17) is 14.2 Å². The van der Waals surface area contributed by atoms with Crippen LogP contribution in [0.5, 0.6) is 0 Å². The Morgan fingerprint density at radius 1 is 0.446 bits per heavy atom. The van der Waals surface area contributed by atoms with Crippen LogP contribution in [-0.2, 0) is 28.6 Å². The lowest BCUT2D eigenvalue weighted by Gasteiger charge is -2.34. The summed E-state index contributed by atoms with van der Waals surface area (Å²) in [6, 6.07) is -0.723. The second-order valence-corrected chi connectivity index (χ2v) is 20.5. The minimum Gasteiger partial charge on any atom is -0.544 e. The quantitative estimate of drug-likeness (QED) is 0.0259. The predicted molar refractivity (Wildman–Crippen MR) is 273 cm³/mol. The van der Waals surface area contributed by atoms with Crippen molar-refractivity contribution in [2.45, 2.75) is 296 Å². The molecule has 8 nitrogen and oxygen atoms in total. The van der Waals surface area contributed by atoms with Gasteiger partial charge in [0.15, 0.2) is 6.10 Å². The van der Waals surface area contributed by atoms with Gasteiger partial charge in [-0.05, 0) is 38.5 Å². The number of quaternary nitrogens is 1. The standard InChI is InChI=1S/C57H109NO7/c1-6-8-10-12-14-16-18-20-22-24-26-27-28-29-30-32-33-35-37-39-41-43-45-47-55(59)64-52-53(51-63-50-49-54(57(61)62)58(3,4)5)65-56(60)48-46-44-42-40-38-36-34-31-25-23-21-19-17-15-13-11-9-7-2/h29-30,53-54H,6-28,31-52H2,1-5H3/b30-29+. The van der Waals surface area contributed by atoms with Crippen molar-refractivity contribution in [2.75, 3.05) is 41.0 Å². The number of esters is 2. The average molecular weight is 920 g/mol. The molecule has 0 aromatic heterocycles. The number of carbonyl (C=O) groups is 3. The largest absolute Gasteiger partial charge is 0.544 e. The van der Waals surface area contributed by atoms with Crippen molar-refractivity contribution in [3.05, 3.63) is 12.2 Å². The number of carboxylic acids is 1. The summed E-state index contributed by atoms with van der Waals surface area (Å²) in [6.07, 6.45) is 55.4. The van der Waals surface area contributed by atoms with Crippen LogP contribution in [0.25, 0.3) is 0 Å². The Hall–Kier alpha value is -1.93. The summed E-state index contributed by atoms with van der Waals surface area (Å²) in [5.74, 6) is -1.71. The molecule has 0 fully saturated rings. The third kappa shape index (κ3) is 46.9. The SMILES string of the molecule is CCCCCCCCCCCCCC/C=C/CCCCCCCCCC(=O)OCC(COCCC(C(=O)[O-])[N+](C)(C)C)OC(=O)CCCCCCCCCCCCCCCCCCCC. The van der Waals surface area contributed by atoms with Crippen molar-refractivity contribution in [1.82, 2.24) is 0 Å². The van der Waals surface area contributed by atoms with Gasteiger partial charge < -0.3 is 28.6 Å². The number of likely N-dealkylation sites (N-methyl/N-ethyl adjacent to an activating group) is 1. The zero-order valence-corrected chi connectivity index (χ0v) is 43.9. The van der Waals surface area contributed by atoms with Crippen molar-refractivity contribution < 1.29 is 38.2 Å². The molecule has 8 heteroatoms. The van der Waals surface area contributed by atoms with E-state index in [9.17, 15) is 19.5 Å². The Balaban J connectivity index is 4.14. The number of carbonyl (C=O) groups excluding carboxylic acids is 3. The minimum absolute atomic E-state index is 0.0459. The second-order valence-electron chi connectivity index (χ2n) is 20.5. The predicted octanol–water partition coefficient (Wildman–Crippen LogP) is 15.3. The molecule has 0 aromatic carbocycles. The van der Waals surface area contributed by atoms with Crippen LogP contribution < -0.4 is 5.11 Å². The summed E-state index contributed by atoms with van der Waals surface area (Å²) in [5.41, 5.74) is 0. The van der Waals surface area contributed by atoms with Crippen LogP contribution in [0.4, 0.5) is 0 Å². The summed E-state index contributed by atoms with van der Waals surface area (Å²) in [7, 11) is 5.43. The van der Waals surface area contributed by atoms with Crippen LogP contribution in [-0.4, -0.2) is 75.5 Å². The molecule has 0 aromatic rings. The maximum atomic E-state index is 12.8. The number of unbranched alkanes of at least 4 members (excludes halogenated alkanes) is 36. The van der Waals surface area contributed by atoms with Crippen LogP contribution >= 0.6 is 0 Å². The topological polar surface area (TPSA) is 102 Å². The zero-order valence-electron chi connectivity index (χ0n) is 43.9. The summed E-state index contributed by atoms with van der Waals surface area (Å²) in [6.45, 7) is 4.72. The van der Waals surface area contributed by atoms with Crippen molar-refractivity contribution in [3.63, 3.8) is 0 Å². The highest BCUT2D eigenvalue weighted by molar-refractivity contribution is 5.70. The molecule has 0 aliphatic carbocycles. The number of hydrogen-bond donors (Lipinski definition) is 0. The van der Waals surface area contributed by atoms with Gasteiger partial charge in [-0.3, -0.25) is 9.59 Å². The molecule has 0 radical (unpaired) electrons. The number of allylic oxidation sites excluding steroid dienone is 2. The second kappa shape index (κ2) is 48.5. The summed E-state index contributed by atoms with van der Waals surface area (Å²) >= 11 is 0. The van der Waals surface area contributed by atoms with Crippen molar-refractivity contribution >= 4 is 17.9 Å². The van der Waals surface area contributed by atoms with Gasteiger partial charge >= 0.3 is 11.9 Å². The van der Waals surface area contributed by atoms with E-state index in [0.717, 1.165) is 38.5 Å². The van der Waals surface area contributed by atoms with Crippen molar-refractivity contribution in [3.8, 4) is 0 Å². The molecule has 65 heavy (non-hydrogen) atoms. The van der Waals surface area contributed by atoms with Crippen LogP contribution in [0.3, 0.4) is 0 Å². The van der Waals surface area contributed by atoms with Crippen LogP contribution in [0.15, 0.2) is 12.2 Å². The molecule has 2 atom stereocenters. The first-order valence-electron chi connectivity index (χ1n) is 28.2. The monoisotopic (exact) mass is 920 g/mol. The molecule has 0 heterocycles. The van der Waals surface area contributed by atoms with E-state index in [-0.39, 0.29) is 42.7 Å². The van der Waals surface area contributed by atoms with Gasteiger partial charge in [0.05, 0.1) is 40.3 Å². The number of nitrogens with zero attached hydrogens (tertiary/aromatic N) is 1. The highest BCUT2D eigenvalue weighted by atomic mass is 16.6. The molecule has 0 saturated carbocycles. The zero-order chi connectivity index (χ0) is 47.7. The molecule has 0 amide bonds. The molecule has 0 aliphatic heterocycles. The molecule has 0 saturated heterocycles. The van der Waals surface area contributed by atoms with Gasteiger partial charge in [-0.2, -0.15) is 0 Å². The lowest BCUT2D eigenvalue weighted by molar-refractivity contribution is -0.889. The molecule has 0 N–H and O–H groups in total. The molecule has 0 rings (SSSR count). The summed E-state index contributed by atoms with van der Waals surface area (Å²) in [4.78, 5) is 37.1. The third-order valence-electron chi connectivity index (χ3n) is 13.2. The first-order chi connectivity index (χ1) is 31.6. The summed E-state index contributed by atoms with van der Waals surface area (Å²) in [5, 5.41) is 11.7. The number of rotatable bonds is 52. The van der Waals surface area contributed by atoms with Gasteiger partial charge in [0.25, 0.3) is 0 Å². The fourth-order valence-electron chi connectivity index (χ4n) is 8.78. The lowest BCUT2D eigenvalue weighted by Crippen LogP contribution is -2.55. The Morgan fingerprint density at radius 2 is 0.769 bits per heavy atom. The van der Waals surface area contributed by atoms with Crippen molar-refractivity contribution in [1.29, 1.82) is 0 Å². The maximum absolute atomic E-state index is 12.8. The van der Waals surface area contributed by atoms with E-state index in [1.54, 1.807) is 0 Å². The third-order valence-corrected chi connectivity index (χ3v) is 13.2. The van der Waals surface area contributed by atoms with Crippen LogP contribution in [0.1, 0.15) is 284 Å². The maximum Gasteiger partial charge on any atom is 0.306 e. The fraction of sp³-hybridized carbons (Fsp3) is 0.912. The van der Waals surface area contributed by atoms with Gasteiger partial charge in [-0.25, -0.2) is 0 Å². The molecule has 2 unspecified atom stereocenters. The smallest absolute Gasteiger partial charge is 0.306 e. The van der Waals surface area contributed by atoms with Crippen molar-refractivity contribution in [2.24, 2.45) is 0 Å². The Kier molecular flexibility index (Phi) is 47.1. The van der Waals surface area contributed by atoms with E-state index in [2.05, 4.69) is 26.0 Å². The molecular weight excluding hydrogens is 811 g/mol. The fourth-order valence-corrected chi connectivity index (χ4v) is 8.78. The van der Waals surface area contributed by atoms with Gasteiger partial charge in [-0.1, -0.05) is 238 Å². The van der Waals surface area contributed by atoms with E-state index < -0.39 is 18.1 Å². The van der Waals surface area contributed by atoms with E-state index >= 15 is 0 Å². The first-order valence-corrected chi connectivity index (χ1v) is 28.2. The van der Waals surface area contributed by atoms with Gasteiger partial charge in [0.2, 0.25) is 0 Å². The van der Waals surface area contributed by atoms with E-state index in [1.165, 1.54) is 212 Å². The van der Waals surface area contributed by atoms with Crippen LogP contribution in [0.2, 0.25) is 0 Å². The highest BCUT2D eigenvalue weighted by Crippen LogP contribution is 2.17. The lowest BCUT2D eigenvalue weighted by atomic mass is 10.0. The number of aliphatic carboxylic acids is 1. The first kappa shape index (κ1) is 63.1. The molecule has 384 valence electrons. The minimum atomic E-state index is -1.12. The summed E-state index contributed by atoms with van der Waals surface area (Å²) < 4.78 is 17.3. The molecular formula is C57H109NO7. The Morgan fingerprint density at radius 3 is 1.11 bits per heavy atom. The number of hydrogen-bond acceptors (Lipinski definition) is 7. The highest BCUT2D eigenvalue weighted by Gasteiger charge is 2.25. The average Bonchev–Trinajstić information content (AvgIpc) is 3.27. The van der Waals surface area contributed by atoms with E-state index in [1.807, 2.05) is 21.1 Å². The number of carboxylic acid groups (broad SMARTS) is 1. The van der Waals surface area contributed by atoms with Gasteiger partial charge in [-0.15, -0.1) is 0 Å². The molecule has 0 bridgehead atoms. The molecule has 0 spiro atoms. The number of ether oxygens (including phenoxy) is 3. The van der Waals surface area contributed by atoms with E-state index in [0.29, 0.717) is 12.8 Å². The van der Waals surface area contributed by atoms with Crippen LogP contribution in [0, 0.1) is 0 Å². The normalized spacial score (nSPS) is 12.8. The molecule has 0 aliphatic rings. The Bertz CT molecular complexity index is 1070.